The predicted molar refractivity (Wildman–Crippen MR) is 74.8 cm³/mol. The van der Waals surface area contributed by atoms with Gasteiger partial charge in [0.1, 0.15) is 0 Å². The van der Waals surface area contributed by atoms with Crippen molar-refractivity contribution in [1.29, 1.82) is 0 Å². The smallest absolute Gasteiger partial charge is 0.224 e. The summed E-state index contributed by atoms with van der Waals surface area (Å²) in [7, 11) is 0. The Hall–Kier alpha value is -1.71. The highest BCUT2D eigenvalue weighted by molar-refractivity contribution is 5.91. The van der Waals surface area contributed by atoms with E-state index in [1.54, 1.807) is 0 Å². The Morgan fingerprint density at radius 1 is 1.21 bits per heavy atom. The largest absolute Gasteiger partial charge is 0.490 e. The first-order valence-electron chi connectivity index (χ1n) is 6.63. The van der Waals surface area contributed by atoms with E-state index in [4.69, 9.17) is 9.47 Å². The second kappa shape index (κ2) is 5.51. The van der Waals surface area contributed by atoms with Crippen LogP contribution in [-0.4, -0.2) is 19.1 Å². The van der Waals surface area contributed by atoms with Crippen molar-refractivity contribution in [2.24, 2.45) is 5.41 Å². The van der Waals surface area contributed by atoms with Gasteiger partial charge >= 0.3 is 0 Å². The van der Waals surface area contributed by atoms with E-state index >= 15 is 0 Å². The summed E-state index contributed by atoms with van der Waals surface area (Å²) in [6, 6.07) is 5.50. The first-order valence-corrected chi connectivity index (χ1v) is 6.63. The summed E-state index contributed by atoms with van der Waals surface area (Å²) in [4.78, 5) is 11.9. The third kappa shape index (κ3) is 4.16. The van der Waals surface area contributed by atoms with Crippen LogP contribution in [0.4, 0.5) is 5.69 Å². The average molecular weight is 263 g/mol. The lowest BCUT2D eigenvalue weighted by Gasteiger charge is -2.17. The summed E-state index contributed by atoms with van der Waals surface area (Å²) in [6.45, 7) is 7.44. The molecule has 1 aliphatic heterocycles. The van der Waals surface area contributed by atoms with E-state index in [0.717, 1.165) is 17.9 Å². The lowest BCUT2D eigenvalue weighted by Crippen LogP contribution is -2.19. The maximum Gasteiger partial charge on any atom is 0.224 e. The minimum Gasteiger partial charge on any atom is -0.490 e. The van der Waals surface area contributed by atoms with Gasteiger partial charge in [-0.15, -0.1) is 0 Å². The monoisotopic (exact) mass is 263 g/mol. The van der Waals surface area contributed by atoms with Gasteiger partial charge in [-0.1, -0.05) is 20.8 Å². The molecule has 0 spiro atoms. The Bertz CT molecular complexity index is 463. The van der Waals surface area contributed by atoms with E-state index in [-0.39, 0.29) is 11.3 Å². The minimum atomic E-state index is -0.0185. The molecule has 4 heteroatoms. The highest BCUT2D eigenvalue weighted by Gasteiger charge is 2.17. The number of hydrogen-bond acceptors (Lipinski definition) is 3. The SMILES string of the molecule is CC(C)(C)CC(=O)Nc1ccc2c(c1)OCCCO2. The Morgan fingerprint density at radius 3 is 2.58 bits per heavy atom. The van der Waals surface area contributed by atoms with Crippen LogP contribution in [0.1, 0.15) is 33.6 Å². The lowest BCUT2D eigenvalue weighted by molar-refractivity contribution is -0.117. The molecular formula is C15H21NO3. The van der Waals surface area contributed by atoms with Crippen LogP contribution in [-0.2, 0) is 4.79 Å². The number of amides is 1. The summed E-state index contributed by atoms with van der Waals surface area (Å²) in [5, 5.41) is 2.89. The topological polar surface area (TPSA) is 47.6 Å². The third-order valence-electron chi connectivity index (χ3n) is 2.72. The fourth-order valence-electron chi connectivity index (χ4n) is 1.93. The molecule has 1 aromatic rings. The molecule has 0 saturated heterocycles. The molecule has 0 aromatic heterocycles. The fraction of sp³-hybridized carbons (Fsp3) is 0.533. The molecule has 1 amide bonds. The van der Waals surface area contributed by atoms with Gasteiger partial charge in [-0.25, -0.2) is 0 Å². The summed E-state index contributed by atoms with van der Waals surface area (Å²) in [5.74, 6) is 1.46. The van der Waals surface area contributed by atoms with E-state index in [1.807, 2.05) is 39.0 Å². The normalized spacial score (nSPS) is 14.7. The van der Waals surface area contributed by atoms with Crippen molar-refractivity contribution in [3.05, 3.63) is 18.2 Å². The highest BCUT2D eigenvalue weighted by atomic mass is 16.5. The van der Waals surface area contributed by atoms with Gasteiger partial charge in [0.15, 0.2) is 11.5 Å². The fourth-order valence-corrected chi connectivity index (χ4v) is 1.93. The van der Waals surface area contributed by atoms with Gasteiger partial charge in [0.25, 0.3) is 0 Å². The summed E-state index contributed by atoms with van der Waals surface area (Å²) in [5.41, 5.74) is 0.730. The number of carbonyl (C=O) groups is 1. The number of nitrogens with one attached hydrogen (secondary N) is 1. The predicted octanol–water partition coefficient (Wildman–Crippen LogP) is 3.22. The molecule has 1 heterocycles. The molecule has 0 fully saturated rings. The maximum absolute atomic E-state index is 11.9. The second-order valence-electron chi connectivity index (χ2n) is 6.00. The van der Waals surface area contributed by atoms with Crippen LogP contribution in [0.3, 0.4) is 0 Å². The van der Waals surface area contributed by atoms with Crippen molar-refractivity contribution in [3.8, 4) is 11.5 Å². The van der Waals surface area contributed by atoms with Gasteiger partial charge in [0.05, 0.1) is 13.2 Å². The Kier molecular flexibility index (Phi) is 3.98. The van der Waals surface area contributed by atoms with E-state index < -0.39 is 0 Å². The molecule has 1 aliphatic rings. The number of ether oxygens (including phenoxy) is 2. The molecule has 0 bridgehead atoms. The lowest BCUT2D eigenvalue weighted by atomic mass is 9.92. The molecule has 0 atom stereocenters. The van der Waals surface area contributed by atoms with Crippen molar-refractivity contribution in [2.75, 3.05) is 18.5 Å². The van der Waals surface area contributed by atoms with Crippen molar-refractivity contribution in [3.63, 3.8) is 0 Å². The number of hydrogen-bond donors (Lipinski definition) is 1. The van der Waals surface area contributed by atoms with E-state index in [0.29, 0.717) is 25.4 Å². The molecule has 4 nitrogen and oxygen atoms in total. The van der Waals surface area contributed by atoms with Crippen LogP contribution >= 0.6 is 0 Å². The molecule has 1 N–H and O–H groups in total. The first-order chi connectivity index (χ1) is 8.94. The zero-order valence-electron chi connectivity index (χ0n) is 11.8. The quantitative estimate of drug-likeness (QED) is 0.891. The number of benzene rings is 1. The van der Waals surface area contributed by atoms with Crippen molar-refractivity contribution in [2.45, 2.75) is 33.6 Å². The number of anilines is 1. The van der Waals surface area contributed by atoms with Crippen molar-refractivity contribution in [1.82, 2.24) is 0 Å². The molecule has 19 heavy (non-hydrogen) atoms. The maximum atomic E-state index is 11.9. The van der Waals surface area contributed by atoms with E-state index in [2.05, 4.69) is 5.32 Å². The third-order valence-corrected chi connectivity index (χ3v) is 2.72. The van der Waals surface area contributed by atoms with Crippen LogP contribution in [0.25, 0.3) is 0 Å². The summed E-state index contributed by atoms with van der Waals surface area (Å²) < 4.78 is 11.1. The van der Waals surface area contributed by atoms with Crippen LogP contribution in [0, 0.1) is 5.41 Å². The van der Waals surface area contributed by atoms with Crippen LogP contribution in [0.2, 0.25) is 0 Å². The molecule has 104 valence electrons. The molecule has 0 saturated carbocycles. The minimum absolute atomic E-state index is 0.0157. The van der Waals surface area contributed by atoms with Gasteiger partial charge in [-0.2, -0.15) is 0 Å². The number of rotatable bonds is 2. The zero-order valence-corrected chi connectivity index (χ0v) is 11.8. The number of carbonyl (C=O) groups excluding carboxylic acids is 1. The molecule has 0 unspecified atom stereocenters. The average Bonchev–Trinajstić information content (AvgIpc) is 2.50. The Morgan fingerprint density at radius 2 is 1.89 bits per heavy atom. The molecular weight excluding hydrogens is 242 g/mol. The van der Waals surface area contributed by atoms with Gasteiger partial charge < -0.3 is 14.8 Å². The van der Waals surface area contributed by atoms with Gasteiger partial charge in [-0.3, -0.25) is 4.79 Å². The summed E-state index contributed by atoms with van der Waals surface area (Å²) in [6.07, 6.45) is 1.36. The molecule has 2 rings (SSSR count). The Balaban J connectivity index is 2.05. The van der Waals surface area contributed by atoms with Crippen molar-refractivity contribution < 1.29 is 14.3 Å². The zero-order chi connectivity index (χ0) is 13.9. The van der Waals surface area contributed by atoms with E-state index in [1.165, 1.54) is 0 Å². The summed E-state index contributed by atoms with van der Waals surface area (Å²) >= 11 is 0. The second-order valence-corrected chi connectivity index (χ2v) is 6.00. The van der Waals surface area contributed by atoms with Crippen LogP contribution in [0.5, 0.6) is 11.5 Å². The molecule has 1 aromatic carbocycles. The van der Waals surface area contributed by atoms with Crippen LogP contribution in [0.15, 0.2) is 18.2 Å². The molecule has 0 aliphatic carbocycles. The standard InChI is InChI=1S/C15H21NO3/c1-15(2,3)10-14(17)16-11-5-6-12-13(9-11)19-8-4-7-18-12/h5-6,9H,4,7-8,10H2,1-3H3,(H,16,17). The van der Waals surface area contributed by atoms with Gasteiger partial charge in [0.2, 0.25) is 5.91 Å². The van der Waals surface area contributed by atoms with Crippen LogP contribution < -0.4 is 14.8 Å². The van der Waals surface area contributed by atoms with Gasteiger partial charge in [-0.05, 0) is 17.5 Å². The number of fused-ring (bicyclic) bond motifs is 1. The highest BCUT2D eigenvalue weighted by Crippen LogP contribution is 2.32. The van der Waals surface area contributed by atoms with E-state index in [9.17, 15) is 4.79 Å². The van der Waals surface area contributed by atoms with Crippen molar-refractivity contribution >= 4 is 11.6 Å². The van der Waals surface area contributed by atoms with Gasteiger partial charge in [0, 0.05) is 24.6 Å². The Labute approximate surface area is 114 Å². The molecule has 0 radical (unpaired) electrons. The first kappa shape index (κ1) is 13.7.